The van der Waals surface area contributed by atoms with Gasteiger partial charge in [0.15, 0.2) is 0 Å². The highest BCUT2D eigenvalue weighted by molar-refractivity contribution is 5.88. The van der Waals surface area contributed by atoms with E-state index in [-0.39, 0.29) is 19.0 Å². The number of fused-ring (bicyclic) bond motifs is 1. The number of amides is 1. The highest BCUT2D eigenvalue weighted by Crippen LogP contribution is 2.35. The molecule has 4 N–H and O–H groups in total. The summed E-state index contributed by atoms with van der Waals surface area (Å²) in [5.41, 5.74) is 0.984. The predicted octanol–water partition coefficient (Wildman–Crippen LogP) is 3.33. The number of carbonyl (C=O) groups is 1. The average molecular weight is 477 g/mol. The van der Waals surface area contributed by atoms with Crippen molar-refractivity contribution in [2.24, 2.45) is 0 Å². The summed E-state index contributed by atoms with van der Waals surface area (Å²) in [6.45, 7) is 6.67. The Morgan fingerprint density at radius 2 is 1.85 bits per heavy atom. The van der Waals surface area contributed by atoms with Crippen LogP contribution in [-0.2, 0) is 11.2 Å². The average Bonchev–Trinajstić information content (AvgIpc) is 3.56. The van der Waals surface area contributed by atoms with E-state index in [1.54, 1.807) is 0 Å². The molecule has 0 bridgehead atoms. The molecule has 0 spiro atoms. The molecule has 6 nitrogen and oxygen atoms in total. The number of benzene rings is 2. The number of hydrogen-bond donors (Lipinski definition) is 4. The summed E-state index contributed by atoms with van der Waals surface area (Å²) in [6.07, 6.45) is 0.390. The fraction of sp³-hybridized carbons (Fsp3) is 0.500. The van der Waals surface area contributed by atoms with E-state index in [4.69, 9.17) is 4.74 Å². The van der Waals surface area contributed by atoms with Gasteiger partial charge in [0.25, 0.3) is 5.91 Å². The van der Waals surface area contributed by atoms with Crippen LogP contribution >= 0.6 is 0 Å². The molecule has 1 aliphatic carbocycles. The van der Waals surface area contributed by atoms with Crippen LogP contribution < -0.4 is 15.4 Å². The van der Waals surface area contributed by atoms with Crippen molar-refractivity contribution >= 4 is 5.91 Å². The number of rotatable bonds is 8. The molecule has 186 valence electrons. The van der Waals surface area contributed by atoms with Gasteiger partial charge in [0, 0.05) is 30.6 Å². The normalized spacial score (nSPS) is 19.6. The van der Waals surface area contributed by atoms with E-state index in [9.17, 15) is 23.8 Å². The first kappa shape index (κ1) is 26.1. The fourth-order valence-corrected chi connectivity index (χ4v) is 4.05. The van der Waals surface area contributed by atoms with E-state index in [2.05, 4.69) is 10.6 Å². The molecular formula is C26H34F2N2O4. The quantitative estimate of drug-likeness (QED) is 0.469. The lowest BCUT2D eigenvalue weighted by molar-refractivity contribution is -0.133. The van der Waals surface area contributed by atoms with Gasteiger partial charge in [-0.05, 0) is 49.9 Å². The first-order chi connectivity index (χ1) is 16.2. The zero-order valence-corrected chi connectivity index (χ0v) is 19.9. The molecule has 3 atom stereocenters. The zero-order chi connectivity index (χ0) is 24.9. The number of nitrogens with one attached hydrogen (secondary N) is 2. The monoisotopic (exact) mass is 476 g/mol. The highest BCUT2D eigenvalue weighted by Gasteiger charge is 2.48. The molecule has 1 fully saturated rings. The largest absolute Gasteiger partial charge is 0.493 e. The van der Waals surface area contributed by atoms with Crippen molar-refractivity contribution in [3.05, 3.63) is 64.7 Å². The van der Waals surface area contributed by atoms with Crippen molar-refractivity contribution < 1.29 is 28.5 Å². The molecule has 0 aromatic heterocycles. The van der Waals surface area contributed by atoms with Crippen LogP contribution in [-0.4, -0.2) is 47.0 Å². The Kier molecular flexibility index (Phi) is 8.62. The second-order valence-electron chi connectivity index (χ2n) is 8.80. The Balaban J connectivity index is 0.00000158. The van der Waals surface area contributed by atoms with Crippen LogP contribution in [0.1, 0.15) is 55.8 Å². The summed E-state index contributed by atoms with van der Waals surface area (Å²) in [5, 5.41) is 27.0. The van der Waals surface area contributed by atoms with Crippen molar-refractivity contribution in [3.63, 3.8) is 0 Å². The Bertz CT molecular complexity index is 977. The van der Waals surface area contributed by atoms with Crippen LogP contribution in [0.4, 0.5) is 8.78 Å². The Morgan fingerprint density at radius 1 is 1.18 bits per heavy atom. The molecule has 4 rings (SSSR count). The molecule has 1 saturated carbocycles. The van der Waals surface area contributed by atoms with Gasteiger partial charge in [0.2, 0.25) is 0 Å². The summed E-state index contributed by atoms with van der Waals surface area (Å²) < 4.78 is 33.0. The third-order valence-electron chi connectivity index (χ3n) is 6.08. The summed E-state index contributed by atoms with van der Waals surface area (Å²) in [4.78, 5) is 12.4. The maximum atomic E-state index is 13.7. The van der Waals surface area contributed by atoms with Gasteiger partial charge in [-0.3, -0.25) is 4.79 Å². The summed E-state index contributed by atoms with van der Waals surface area (Å²) in [5.74, 6) is -1.24. The minimum absolute atomic E-state index is 0.0167. The first-order valence-electron chi connectivity index (χ1n) is 11.9. The van der Waals surface area contributed by atoms with Crippen molar-refractivity contribution in [1.29, 1.82) is 0 Å². The minimum atomic E-state index is -1.42. The third-order valence-corrected chi connectivity index (χ3v) is 6.08. The van der Waals surface area contributed by atoms with Gasteiger partial charge in [-0.15, -0.1) is 0 Å². The number of carbonyl (C=O) groups excluding carboxylic acids is 1. The molecule has 2 aromatic carbocycles. The highest BCUT2D eigenvalue weighted by atomic mass is 19.1. The summed E-state index contributed by atoms with van der Waals surface area (Å²) >= 11 is 0. The number of ether oxygens (including phenoxy) is 1. The van der Waals surface area contributed by atoms with Crippen LogP contribution in [0.15, 0.2) is 36.4 Å². The van der Waals surface area contributed by atoms with Crippen molar-refractivity contribution in [2.75, 3.05) is 13.2 Å². The SMILES string of the molecule is CC.Cc1ccc2c(c1)C(NCC(O)C(Cc1cc(F)cc(F)c1)NC(=O)C1(O)CC1)CCO2. The van der Waals surface area contributed by atoms with Crippen LogP contribution in [0.2, 0.25) is 0 Å². The lowest BCUT2D eigenvalue weighted by Gasteiger charge is -2.30. The molecule has 2 aromatic rings. The molecule has 3 unspecified atom stereocenters. The molecule has 1 heterocycles. The lowest BCUT2D eigenvalue weighted by atomic mass is 9.97. The fourth-order valence-electron chi connectivity index (χ4n) is 4.05. The zero-order valence-electron chi connectivity index (χ0n) is 19.9. The van der Waals surface area contributed by atoms with Crippen molar-refractivity contribution in [1.82, 2.24) is 10.6 Å². The maximum absolute atomic E-state index is 13.7. The molecule has 34 heavy (non-hydrogen) atoms. The van der Waals surface area contributed by atoms with Crippen molar-refractivity contribution in [3.8, 4) is 5.75 Å². The van der Waals surface area contributed by atoms with Gasteiger partial charge in [0.1, 0.15) is 23.0 Å². The van der Waals surface area contributed by atoms with Crippen molar-refractivity contribution in [2.45, 2.75) is 70.2 Å². The molecule has 1 amide bonds. The molecule has 8 heteroatoms. The Morgan fingerprint density at radius 3 is 2.50 bits per heavy atom. The van der Waals surface area contributed by atoms with E-state index in [1.165, 1.54) is 12.1 Å². The van der Waals surface area contributed by atoms with E-state index in [1.807, 2.05) is 39.0 Å². The van der Waals surface area contributed by atoms with Gasteiger partial charge in [-0.1, -0.05) is 31.5 Å². The van der Waals surface area contributed by atoms with Crippen LogP contribution in [0, 0.1) is 18.6 Å². The third kappa shape index (κ3) is 6.52. The van der Waals surface area contributed by atoms with Gasteiger partial charge >= 0.3 is 0 Å². The molecule has 2 aliphatic rings. The smallest absolute Gasteiger partial charge is 0.252 e. The first-order valence-corrected chi connectivity index (χ1v) is 11.9. The van der Waals surface area contributed by atoms with Crippen LogP contribution in [0.3, 0.4) is 0 Å². The van der Waals surface area contributed by atoms with Gasteiger partial charge < -0.3 is 25.6 Å². The summed E-state index contributed by atoms with van der Waals surface area (Å²) in [6, 6.07) is 8.18. The number of aliphatic hydroxyl groups excluding tert-OH is 1. The van der Waals surface area contributed by atoms with E-state index < -0.39 is 35.3 Å². The van der Waals surface area contributed by atoms with Crippen LogP contribution in [0.25, 0.3) is 0 Å². The maximum Gasteiger partial charge on any atom is 0.252 e. The Labute approximate surface area is 199 Å². The standard InChI is InChI=1S/C24H28F2N2O4.C2H6/c1-14-2-3-22-18(8-14)19(4-7-32-22)27-13-21(29)20(28-23(30)24(31)5-6-24)11-15-9-16(25)12-17(26)10-15;1-2/h2-3,8-10,12,19-21,27,29,31H,4-7,11,13H2,1H3,(H,28,30);1-2H3. The van der Waals surface area contributed by atoms with Gasteiger partial charge in [-0.2, -0.15) is 0 Å². The molecule has 0 radical (unpaired) electrons. The van der Waals surface area contributed by atoms with E-state index >= 15 is 0 Å². The van der Waals surface area contributed by atoms with Gasteiger partial charge in [0.05, 0.1) is 18.8 Å². The number of halogens is 2. The second kappa shape index (κ2) is 11.3. The molecular weight excluding hydrogens is 442 g/mol. The number of aliphatic hydroxyl groups is 2. The molecule has 0 saturated heterocycles. The minimum Gasteiger partial charge on any atom is -0.493 e. The predicted molar refractivity (Wildman–Crippen MR) is 126 cm³/mol. The van der Waals surface area contributed by atoms with E-state index in [0.29, 0.717) is 25.0 Å². The lowest BCUT2D eigenvalue weighted by Crippen LogP contribution is -2.52. The van der Waals surface area contributed by atoms with E-state index in [0.717, 1.165) is 29.4 Å². The van der Waals surface area contributed by atoms with Gasteiger partial charge in [-0.25, -0.2) is 8.78 Å². The number of aryl methyl sites for hydroxylation is 1. The summed E-state index contributed by atoms with van der Waals surface area (Å²) in [7, 11) is 0. The molecule has 1 aliphatic heterocycles. The topological polar surface area (TPSA) is 90.8 Å². The number of hydrogen-bond acceptors (Lipinski definition) is 5. The Hall–Kier alpha value is -2.55. The second-order valence-corrected chi connectivity index (χ2v) is 8.80. The van der Waals surface area contributed by atoms with Crippen LogP contribution in [0.5, 0.6) is 5.75 Å².